The summed E-state index contributed by atoms with van der Waals surface area (Å²) in [6, 6.07) is 27.5. The molecule has 16 heteroatoms. The first-order chi connectivity index (χ1) is 31.7. The Morgan fingerprint density at radius 3 is 1.48 bits per heavy atom. The number of carboxylic acids is 1. The van der Waals surface area contributed by atoms with Crippen molar-refractivity contribution in [3.05, 3.63) is 201 Å². The number of ether oxygens (including phenoxy) is 3. The lowest BCUT2D eigenvalue weighted by Gasteiger charge is -2.16. The minimum absolute atomic E-state index is 0.0518. The Kier molecular flexibility index (Phi) is 14.5. The van der Waals surface area contributed by atoms with Gasteiger partial charge in [-0.15, -0.1) is 0 Å². The standard InChI is InChI=1S/C26H21ClF2N2O3.C24H17ClF2N2O3/c1-3-33-26(32)18-10-21(14-30-13-18)31-16(2)4-8-24(31)22-11-19(27)6-9-25(22)34-15-17-5-7-20(28)12-23(17)29;1-14-2-6-22(29(14)19-8-16(24(30)31)11-28-12-19)20-9-17(25)4-7-23(20)32-13-15-3-5-18(26)10-21(15)27/h4-14H,3,15H2,1-2H3;2-12H,13H2,1H3,(H,30,31). The van der Waals surface area contributed by atoms with Crippen LogP contribution in [0.2, 0.25) is 10.0 Å². The molecular formula is C50H38Cl2F4N4O6. The maximum absolute atomic E-state index is 14.1. The van der Waals surface area contributed by atoms with Gasteiger partial charge in [0.1, 0.15) is 48.0 Å². The van der Waals surface area contributed by atoms with Gasteiger partial charge in [-0.2, -0.15) is 0 Å². The van der Waals surface area contributed by atoms with E-state index < -0.39 is 35.2 Å². The molecule has 0 saturated heterocycles. The number of esters is 1. The van der Waals surface area contributed by atoms with Gasteiger partial charge in [0.15, 0.2) is 0 Å². The average molecular weight is 938 g/mol. The normalized spacial score (nSPS) is 10.9. The number of carbonyl (C=O) groups is 2. The largest absolute Gasteiger partial charge is 0.488 e. The Bertz CT molecular complexity index is 3080. The number of hydrogen-bond acceptors (Lipinski definition) is 7. The van der Waals surface area contributed by atoms with Crippen LogP contribution in [0.1, 0.15) is 50.2 Å². The minimum atomic E-state index is -1.08. The predicted molar refractivity (Wildman–Crippen MR) is 242 cm³/mol. The van der Waals surface area contributed by atoms with Crippen LogP contribution in [-0.2, 0) is 18.0 Å². The van der Waals surface area contributed by atoms with E-state index in [0.29, 0.717) is 55.3 Å². The molecule has 8 rings (SSSR count). The maximum atomic E-state index is 14.1. The van der Waals surface area contributed by atoms with Gasteiger partial charge in [-0.1, -0.05) is 23.2 Å². The number of nitrogens with zero attached hydrogens (tertiary/aromatic N) is 4. The van der Waals surface area contributed by atoms with Crippen molar-refractivity contribution in [2.75, 3.05) is 6.61 Å². The van der Waals surface area contributed by atoms with Crippen LogP contribution in [0.15, 0.2) is 134 Å². The summed E-state index contributed by atoms with van der Waals surface area (Å²) in [5, 5.41) is 10.3. The molecule has 0 fully saturated rings. The first-order valence-corrected chi connectivity index (χ1v) is 20.9. The highest BCUT2D eigenvalue weighted by molar-refractivity contribution is 6.31. The molecule has 0 aliphatic heterocycles. The van der Waals surface area contributed by atoms with E-state index in [2.05, 4.69) is 9.97 Å². The molecule has 0 unspecified atom stereocenters. The molecule has 0 spiro atoms. The molecule has 4 heterocycles. The summed E-state index contributed by atoms with van der Waals surface area (Å²) in [4.78, 5) is 31.8. The number of aromatic nitrogens is 4. The molecule has 0 saturated carbocycles. The Labute approximate surface area is 386 Å². The third kappa shape index (κ3) is 10.7. The topological polar surface area (TPSA) is 118 Å². The summed E-state index contributed by atoms with van der Waals surface area (Å²) in [6.07, 6.45) is 5.92. The number of benzene rings is 4. The molecular weight excluding hydrogens is 899 g/mol. The highest BCUT2D eigenvalue weighted by Gasteiger charge is 2.19. The zero-order valence-electron chi connectivity index (χ0n) is 35.4. The van der Waals surface area contributed by atoms with Crippen molar-refractivity contribution < 1.29 is 46.5 Å². The van der Waals surface area contributed by atoms with Crippen molar-refractivity contribution in [2.24, 2.45) is 0 Å². The van der Waals surface area contributed by atoms with Crippen molar-refractivity contribution in [2.45, 2.75) is 34.0 Å². The molecule has 0 amide bonds. The zero-order valence-corrected chi connectivity index (χ0v) is 36.9. The smallest absolute Gasteiger partial charge is 0.339 e. The van der Waals surface area contributed by atoms with Crippen LogP contribution in [0.4, 0.5) is 17.6 Å². The van der Waals surface area contributed by atoms with Crippen LogP contribution in [0, 0.1) is 37.1 Å². The van der Waals surface area contributed by atoms with E-state index in [1.807, 2.05) is 47.2 Å². The molecule has 10 nitrogen and oxygen atoms in total. The van der Waals surface area contributed by atoms with Gasteiger partial charge in [0, 0.05) is 68.2 Å². The Balaban J connectivity index is 0.000000197. The fourth-order valence-corrected chi connectivity index (χ4v) is 7.32. The SMILES string of the molecule is CCOC(=O)c1cncc(-n2c(C)ccc2-c2cc(Cl)ccc2OCc2ccc(F)cc2F)c1.Cc1ccc(-c2cc(Cl)ccc2OCc2ccc(F)cc2F)n1-c1cncc(C(=O)O)c1. The third-order valence-electron chi connectivity index (χ3n) is 10.1. The fourth-order valence-electron chi connectivity index (χ4n) is 6.97. The van der Waals surface area contributed by atoms with E-state index in [9.17, 15) is 32.3 Å². The summed E-state index contributed by atoms with van der Waals surface area (Å²) < 4.78 is 75.2. The second kappa shape index (κ2) is 20.6. The molecule has 4 aromatic carbocycles. The van der Waals surface area contributed by atoms with Gasteiger partial charge >= 0.3 is 11.9 Å². The first kappa shape index (κ1) is 46.6. The fraction of sp³-hybridized carbons (Fsp3) is 0.120. The van der Waals surface area contributed by atoms with Gasteiger partial charge in [0.05, 0.1) is 52.9 Å². The summed E-state index contributed by atoms with van der Waals surface area (Å²) in [5.41, 5.74) is 6.42. The molecule has 0 aliphatic rings. The van der Waals surface area contributed by atoms with E-state index in [4.69, 9.17) is 37.4 Å². The number of aryl methyl sites for hydroxylation is 2. The number of carbonyl (C=O) groups excluding carboxylic acids is 1. The van der Waals surface area contributed by atoms with Crippen molar-refractivity contribution in [3.8, 4) is 45.4 Å². The lowest BCUT2D eigenvalue weighted by Crippen LogP contribution is -2.08. The van der Waals surface area contributed by atoms with Crippen LogP contribution in [0.25, 0.3) is 33.9 Å². The summed E-state index contributed by atoms with van der Waals surface area (Å²) in [6.45, 7) is 5.57. The van der Waals surface area contributed by atoms with Crippen molar-refractivity contribution >= 4 is 35.1 Å². The average Bonchev–Trinajstić information content (AvgIpc) is 3.88. The van der Waals surface area contributed by atoms with Crippen molar-refractivity contribution in [1.29, 1.82) is 0 Å². The molecule has 0 aliphatic carbocycles. The van der Waals surface area contributed by atoms with Crippen LogP contribution < -0.4 is 9.47 Å². The number of pyridine rings is 2. The highest BCUT2D eigenvalue weighted by atomic mass is 35.5. The molecule has 0 bridgehead atoms. The molecule has 1 N–H and O–H groups in total. The Hall–Kier alpha value is -7.42. The number of halogens is 6. The van der Waals surface area contributed by atoms with E-state index in [0.717, 1.165) is 29.2 Å². The summed E-state index contributed by atoms with van der Waals surface area (Å²) >= 11 is 12.5. The Morgan fingerprint density at radius 1 is 0.591 bits per heavy atom. The van der Waals surface area contributed by atoms with Gasteiger partial charge in [-0.3, -0.25) is 9.97 Å². The van der Waals surface area contributed by atoms with E-state index in [-0.39, 0.29) is 36.5 Å². The third-order valence-corrected chi connectivity index (χ3v) is 10.6. The van der Waals surface area contributed by atoms with Gasteiger partial charge in [-0.25, -0.2) is 27.2 Å². The van der Waals surface area contributed by atoms with E-state index >= 15 is 0 Å². The minimum Gasteiger partial charge on any atom is -0.488 e. The molecule has 0 atom stereocenters. The number of rotatable bonds is 13. The molecule has 0 radical (unpaired) electrons. The van der Waals surface area contributed by atoms with E-state index in [1.165, 1.54) is 42.7 Å². The van der Waals surface area contributed by atoms with Crippen molar-refractivity contribution in [3.63, 3.8) is 0 Å². The van der Waals surface area contributed by atoms with E-state index in [1.54, 1.807) is 61.8 Å². The number of aromatic carboxylic acids is 1. The zero-order chi connectivity index (χ0) is 47.1. The summed E-state index contributed by atoms with van der Waals surface area (Å²) in [7, 11) is 0. The second-order valence-electron chi connectivity index (χ2n) is 14.6. The Morgan fingerprint density at radius 2 is 1.05 bits per heavy atom. The van der Waals surface area contributed by atoms with Crippen LogP contribution in [-0.4, -0.2) is 42.8 Å². The number of hydrogen-bond donors (Lipinski definition) is 1. The lowest BCUT2D eigenvalue weighted by atomic mass is 10.1. The van der Waals surface area contributed by atoms with Crippen LogP contribution in [0.5, 0.6) is 11.5 Å². The maximum Gasteiger partial charge on any atom is 0.339 e. The van der Waals surface area contributed by atoms with Gasteiger partial charge in [0.2, 0.25) is 0 Å². The molecule has 8 aromatic rings. The highest BCUT2D eigenvalue weighted by Crippen LogP contribution is 2.38. The van der Waals surface area contributed by atoms with Gasteiger partial charge in [0.25, 0.3) is 0 Å². The number of carboxylic acid groups (broad SMARTS) is 1. The molecule has 336 valence electrons. The monoisotopic (exact) mass is 936 g/mol. The van der Waals surface area contributed by atoms with Crippen molar-refractivity contribution in [1.82, 2.24) is 19.1 Å². The lowest BCUT2D eigenvalue weighted by molar-refractivity contribution is 0.0525. The van der Waals surface area contributed by atoms with Gasteiger partial charge in [-0.05, 0) is 118 Å². The first-order valence-electron chi connectivity index (χ1n) is 20.1. The summed E-state index contributed by atoms with van der Waals surface area (Å²) in [5.74, 6) is -3.35. The predicted octanol–water partition coefficient (Wildman–Crippen LogP) is 12.6. The van der Waals surface area contributed by atoms with Gasteiger partial charge < -0.3 is 28.5 Å². The van der Waals surface area contributed by atoms with Crippen LogP contribution in [0.3, 0.4) is 0 Å². The molecule has 66 heavy (non-hydrogen) atoms. The quantitative estimate of drug-likeness (QED) is 0.0897. The molecule has 4 aromatic heterocycles. The second-order valence-corrected chi connectivity index (χ2v) is 15.5. The van der Waals surface area contributed by atoms with Crippen LogP contribution >= 0.6 is 23.2 Å².